The molecular weight excluding hydrogens is 248 g/mol. The van der Waals surface area contributed by atoms with E-state index < -0.39 is 0 Å². The van der Waals surface area contributed by atoms with Gasteiger partial charge in [0, 0.05) is 13.1 Å². The van der Waals surface area contributed by atoms with Gasteiger partial charge in [0.05, 0.1) is 19.8 Å². The smallest absolute Gasteiger partial charge is 0.169 e. The van der Waals surface area contributed by atoms with Crippen molar-refractivity contribution < 1.29 is 9.15 Å². The highest BCUT2D eigenvalue weighted by atomic mass is 79.9. The second-order valence-corrected chi connectivity index (χ2v) is 3.92. The minimum Gasteiger partial charge on any atom is -0.453 e. The third-order valence-electron chi connectivity index (χ3n) is 2.12. The van der Waals surface area contributed by atoms with Crippen LogP contribution in [0.25, 0.3) is 0 Å². The minimum absolute atomic E-state index is 0.728. The zero-order chi connectivity index (χ0) is 9.80. The van der Waals surface area contributed by atoms with E-state index in [9.17, 15) is 0 Å². The van der Waals surface area contributed by atoms with Crippen molar-refractivity contribution in [2.24, 2.45) is 0 Å². The SMILES string of the molecule is Brc1ccc(CNN2CCOCC2)o1. The number of nitrogens with zero attached hydrogens (tertiary/aromatic N) is 1. The molecule has 1 aliphatic heterocycles. The molecule has 1 fully saturated rings. The summed E-state index contributed by atoms with van der Waals surface area (Å²) in [7, 11) is 0. The Morgan fingerprint density at radius 3 is 2.79 bits per heavy atom. The zero-order valence-corrected chi connectivity index (χ0v) is 9.42. The number of hydrazine groups is 1. The van der Waals surface area contributed by atoms with Crippen LogP contribution in [-0.2, 0) is 11.3 Å². The van der Waals surface area contributed by atoms with E-state index in [0.29, 0.717) is 0 Å². The van der Waals surface area contributed by atoms with E-state index in [-0.39, 0.29) is 0 Å². The van der Waals surface area contributed by atoms with E-state index in [1.54, 1.807) is 0 Å². The topological polar surface area (TPSA) is 37.6 Å². The lowest BCUT2D eigenvalue weighted by molar-refractivity contribution is 0.00941. The Balaban J connectivity index is 1.76. The third-order valence-corrected chi connectivity index (χ3v) is 2.54. The Labute approximate surface area is 91.3 Å². The molecule has 1 aromatic rings. The lowest BCUT2D eigenvalue weighted by Crippen LogP contribution is -2.45. The number of hydrogen-bond donors (Lipinski definition) is 1. The summed E-state index contributed by atoms with van der Waals surface area (Å²) in [5.74, 6) is 0.934. The van der Waals surface area contributed by atoms with E-state index in [1.165, 1.54) is 0 Å². The van der Waals surface area contributed by atoms with Crippen molar-refractivity contribution in [2.75, 3.05) is 26.3 Å². The Bertz CT molecular complexity index is 284. The largest absolute Gasteiger partial charge is 0.453 e. The molecule has 0 saturated carbocycles. The number of halogens is 1. The fraction of sp³-hybridized carbons (Fsp3) is 0.556. The molecule has 1 aromatic heterocycles. The molecule has 4 nitrogen and oxygen atoms in total. The van der Waals surface area contributed by atoms with Gasteiger partial charge in [-0.3, -0.25) is 0 Å². The molecule has 0 amide bonds. The molecular formula is C9H13BrN2O2. The summed E-state index contributed by atoms with van der Waals surface area (Å²) in [6.07, 6.45) is 0. The Hall–Kier alpha value is -0.360. The molecule has 0 radical (unpaired) electrons. The van der Waals surface area contributed by atoms with Crippen LogP contribution in [0.3, 0.4) is 0 Å². The van der Waals surface area contributed by atoms with Crippen LogP contribution >= 0.6 is 15.9 Å². The van der Waals surface area contributed by atoms with E-state index >= 15 is 0 Å². The van der Waals surface area contributed by atoms with Crippen molar-refractivity contribution in [1.29, 1.82) is 0 Å². The van der Waals surface area contributed by atoms with Crippen molar-refractivity contribution in [2.45, 2.75) is 6.54 Å². The first-order valence-corrected chi connectivity index (χ1v) is 5.44. The summed E-state index contributed by atoms with van der Waals surface area (Å²) in [4.78, 5) is 0. The van der Waals surface area contributed by atoms with Crippen molar-refractivity contribution in [3.8, 4) is 0 Å². The fourth-order valence-corrected chi connectivity index (χ4v) is 1.70. The van der Waals surface area contributed by atoms with Crippen LogP contribution in [-0.4, -0.2) is 31.3 Å². The van der Waals surface area contributed by atoms with Crippen LogP contribution < -0.4 is 5.43 Å². The molecule has 0 aliphatic carbocycles. The highest BCUT2D eigenvalue weighted by Gasteiger charge is 2.09. The fourth-order valence-electron chi connectivity index (χ4n) is 1.36. The number of rotatable bonds is 3. The molecule has 0 atom stereocenters. The number of hydrogen-bond acceptors (Lipinski definition) is 4. The van der Waals surface area contributed by atoms with Gasteiger partial charge in [-0.25, -0.2) is 10.4 Å². The first-order valence-electron chi connectivity index (χ1n) is 4.65. The van der Waals surface area contributed by atoms with Crippen LogP contribution in [0.2, 0.25) is 0 Å². The lowest BCUT2D eigenvalue weighted by atomic mass is 10.4. The van der Waals surface area contributed by atoms with Gasteiger partial charge in [0.25, 0.3) is 0 Å². The van der Waals surface area contributed by atoms with Gasteiger partial charge in [0.15, 0.2) is 4.67 Å². The van der Waals surface area contributed by atoms with Crippen LogP contribution in [0.4, 0.5) is 0 Å². The van der Waals surface area contributed by atoms with Crippen LogP contribution in [0.5, 0.6) is 0 Å². The summed E-state index contributed by atoms with van der Waals surface area (Å²) in [5.41, 5.74) is 3.29. The van der Waals surface area contributed by atoms with Gasteiger partial charge in [-0.1, -0.05) is 0 Å². The molecule has 1 saturated heterocycles. The highest BCUT2D eigenvalue weighted by molar-refractivity contribution is 9.10. The van der Waals surface area contributed by atoms with Crippen molar-refractivity contribution in [3.63, 3.8) is 0 Å². The van der Waals surface area contributed by atoms with Crippen LogP contribution in [0.15, 0.2) is 21.2 Å². The van der Waals surface area contributed by atoms with Crippen molar-refractivity contribution >= 4 is 15.9 Å². The van der Waals surface area contributed by atoms with Crippen molar-refractivity contribution in [3.05, 3.63) is 22.6 Å². The van der Waals surface area contributed by atoms with Crippen molar-refractivity contribution in [1.82, 2.24) is 10.4 Å². The average molecular weight is 261 g/mol. The average Bonchev–Trinajstić information content (AvgIpc) is 2.63. The molecule has 14 heavy (non-hydrogen) atoms. The molecule has 0 unspecified atom stereocenters. The quantitative estimate of drug-likeness (QED) is 0.892. The number of nitrogens with one attached hydrogen (secondary N) is 1. The molecule has 1 aliphatic rings. The molecule has 1 N–H and O–H groups in total. The molecule has 2 heterocycles. The first kappa shape index (κ1) is 10.2. The normalized spacial score (nSPS) is 18.6. The second kappa shape index (κ2) is 4.93. The van der Waals surface area contributed by atoms with Gasteiger partial charge >= 0.3 is 0 Å². The predicted octanol–water partition coefficient (Wildman–Crippen LogP) is 1.38. The Kier molecular flexibility index (Phi) is 3.58. The van der Waals surface area contributed by atoms with Gasteiger partial charge < -0.3 is 9.15 Å². The number of ether oxygens (including phenoxy) is 1. The summed E-state index contributed by atoms with van der Waals surface area (Å²) >= 11 is 3.27. The maximum absolute atomic E-state index is 5.37. The summed E-state index contributed by atoms with van der Waals surface area (Å²) in [6, 6.07) is 3.86. The maximum Gasteiger partial charge on any atom is 0.169 e. The molecule has 2 rings (SSSR count). The van der Waals surface area contributed by atoms with Gasteiger partial charge in [-0.05, 0) is 28.1 Å². The Morgan fingerprint density at radius 2 is 2.14 bits per heavy atom. The van der Waals surface area contributed by atoms with E-state index in [2.05, 4.69) is 26.4 Å². The molecule has 5 heteroatoms. The monoisotopic (exact) mass is 260 g/mol. The predicted molar refractivity (Wildman–Crippen MR) is 55.6 cm³/mol. The first-order chi connectivity index (χ1) is 6.84. The summed E-state index contributed by atoms with van der Waals surface area (Å²) in [6.45, 7) is 4.19. The highest BCUT2D eigenvalue weighted by Crippen LogP contribution is 2.13. The minimum atomic E-state index is 0.728. The molecule has 0 spiro atoms. The van der Waals surface area contributed by atoms with Gasteiger partial charge in [0.1, 0.15) is 5.76 Å². The molecule has 0 bridgehead atoms. The molecule has 78 valence electrons. The van der Waals surface area contributed by atoms with Gasteiger partial charge in [-0.2, -0.15) is 0 Å². The lowest BCUT2D eigenvalue weighted by Gasteiger charge is -2.26. The molecule has 0 aromatic carbocycles. The van der Waals surface area contributed by atoms with E-state index in [0.717, 1.165) is 43.3 Å². The van der Waals surface area contributed by atoms with Crippen LogP contribution in [0.1, 0.15) is 5.76 Å². The third kappa shape index (κ3) is 2.81. The number of furan rings is 1. The standard InChI is InChI=1S/C9H13BrN2O2/c10-9-2-1-8(14-9)7-11-12-3-5-13-6-4-12/h1-2,11H,3-7H2. The van der Waals surface area contributed by atoms with Gasteiger partial charge in [-0.15, -0.1) is 0 Å². The van der Waals surface area contributed by atoms with E-state index in [4.69, 9.17) is 9.15 Å². The summed E-state index contributed by atoms with van der Waals surface area (Å²) < 4.78 is 11.4. The van der Waals surface area contributed by atoms with Crippen LogP contribution in [0, 0.1) is 0 Å². The Morgan fingerprint density at radius 1 is 1.36 bits per heavy atom. The second-order valence-electron chi connectivity index (χ2n) is 3.14. The summed E-state index contributed by atoms with van der Waals surface area (Å²) in [5, 5.41) is 2.15. The van der Waals surface area contributed by atoms with E-state index in [1.807, 2.05) is 12.1 Å². The van der Waals surface area contributed by atoms with Gasteiger partial charge in [0.2, 0.25) is 0 Å². The maximum atomic E-state index is 5.37. The number of morpholine rings is 1. The zero-order valence-electron chi connectivity index (χ0n) is 7.83.